The molecule has 2 aliphatic rings. The van der Waals surface area contributed by atoms with Crippen LogP contribution in [0, 0.1) is 0 Å². The van der Waals surface area contributed by atoms with E-state index >= 15 is 0 Å². The fourth-order valence-electron chi connectivity index (χ4n) is 2.76. The van der Waals surface area contributed by atoms with Gasteiger partial charge in [0.2, 0.25) is 5.91 Å². The molecule has 1 saturated carbocycles. The molecule has 2 fully saturated rings. The summed E-state index contributed by atoms with van der Waals surface area (Å²) in [5, 5.41) is 3.17. The van der Waals surface area contributed by atoms with Gasteiger partial charge in [0.15, 0.2) is 0 Å². The van der Waals surface area contributed by atoms with Crippen LogP contribution in [-0.4, -0.2) is 24.7 Å². The fraction of sp³-hybridized carbons (Fsp3) is 0.533. The third kappa shape index (κ3) is 2.97. The van der Waals surface area contributed by atoms with Crippen LogP contribution in [0.3, 0.4) is 0 Å². The summed E-state index contributed by atoms with van der Waals surface area (Å²) in [5.41, 5.74) is 6.61. The fourth-order valence-corrected chi connectivity index (χ4v) is 2.76. The van der Waals surface area contributed by atoms with E-state index in [4.69, 9.17) is 10.5 Å². The molecule has 1 aliphatic carbocycles. The van der Waals surface area contributed by atoms with Gasteiger partial charge >= 0.3 is 0 Å². The van der Waals surface area contributed by atoms with Gasteiger partial charge in [-0.05, 0) is 31.2 Å². The first-order valence-electron chi connectivity index (χ1n) is 6.96. The Morgan fingerprint density at radius 2 is 2.00 bits per heavy atom. The van der Waals surface area contributed by atoms with E-state index in [-0.39, 0.29) is 36.1 Å². The number of hydrogen-bond acceptors (Lipinski definition) is 3. The Morgan fingerprint density at radius 1 is 1.30 bits per heavy atom. The predicted molar refractivity (Wildman–Crippen MR) is 79.7 cm³/mol. The number of rotatable bonds is 4. The lowest BCUT2D eigenvalue weighted by molar-refractivity contribution is -0.132. The standard InChI is InChI=1S/C15H20N2O2.ClH/c16-10-12-6-7-13(19-12)14(18)17-15(8-9-15)11-4-2-1-3-5-11;/h1-5,12-13H,6-10,16H2,(H,17,18);1H/t12-,13+;/m1./s1. The van der Waals surface area contributed by atoms with Gasteiger partial charge in [0.25, 0.3) is 0 Å². The molecule has 1 heterocycles. The second-order valence-corrected chi connectivity index (χ2v) is 5.50. The van der Waals surface area contributed by atoms with Crippen LogP contribution in [0.5, 0.6) is 0 Å². The molecule has 1 saturated heterocycles. The van der Waals surface area contributed by atoms with Crippen molar-refractivity contribution in [1.82, 2.24) is 5.32 Å². The van der Waals surface area contributed by atoms with Crippen LogP contribution in [0.2, 0.25) is 0 Å². The summed E-state index contributed by atoms with van der Waals surface area (Å²) < 4.78 is 5.64. The summed E-state index contributed by atoms with van der Waals surface area (Å²) in [4.78, 5) is 12.3. The molecular weight excluding hydrogens is 276 g/mol. The summed E-state index contributed by atoms with van der Waals surface area (Å²) in [6.07, 6.45) is 3.40. The first kappa shape index (κ1) is 15.3. The zero-order chi connectivity index (χ0) is 13.3. The molecule has 1 amide bonds. The minimum Gasteiger partial charge on any atom is -0.364 e. The average molecular weight is 297 g/mol. The molecule has 1 aromatic carbocycles. The Morgan fingerprint density at radius 3 is 2.55 bits per heavy atom. The molecule has 1 aliphatic heterocycles. The van der Waals surface area contributed by atoms with Gasteiger partial charge in [0.1, 0.15) is 6.10 Å². The Hall–Kier alpha value is -1.10. The van der Waals surface area contributed by atoms with Crippen molar-refractivity contribution in [2.24, 2.45) is 5.73 Å². The molecule has 4 nitrogen and oxygen atoms in total. The van der Waals surface area contributed by atoms with Gasteiger partial charge in [0, 0.05) is 6.54 Å². The topological polar surface area (TPSA) is 64.4 Å². The van der Waals surface area contributed by atoms with Crippen molar-refractivity contribution in [3.63, 3.8) is 0 Å². The maximum absolute atomic E-state index is 12.3. The molecular formula is C15H21ClN2O2. The number of amides is 1. The monoisotopic (exact) mass is 296 g/mol. The van der Waals surface area contributed by atoms with Crippen molar-refractivity contribution in [2.75, 3.05) is 6.54 Å². The number of ether oxygens (including phenoxy) is 1. The van der Waals surface area contributed by atoms with Gasteiger partial charge in [-0.25, -0.2) is 0 Å². The molecule has 110 valence electrons. The van der Waals surface area contributed by atoms with Gasteiger partial charge < -0.3 is 15.8 Å². The molecule has 2 atom stereocenters. The van der Waals surface area contributed by atoms with Gasteiger partial charge in [-0.15, -0.1) is 12.4 Å². The Kier molecular flexibility index (Phi) is 4.68. The zero-order valence-corrected chi connectivity index (χ0v) is 12.2. The molecule has 0 spiro atoms. The van der Waals surface area contributed by atoms with E-state index < -0.39 is 0 Å². The second kappa shape index (κ2) is 6.12. The SMILES string of the molecule is Cl.NC[C@H]1CC[C@@H](C(=O)NC2(c3ccccc3)CC2)O1. The maximum atomic E-state index is 12.3. The van der Waals surface area contributed by atoms with Crippen molar-refractivity contribution >= 4 is 18.3 Å². The Bertz CT molecular complexity index is 462. The van der Waals surface area contributed by atoms with E-state index in [1.807, 2.05) is 18.2 Å². The van der Waals surface area contributed by atoms with Crippen molar-refractivity contribution in [1.29, 1.82) is 0 Å². The zero-order valence-electron chi connectivity index (χ0n) is 11.4. The molecule has 3 rings (SSSR count). The molecule has 3 N–H and O–H groups in total. The number of carbonyl (C=O) groups excluding carboxylic acids is 1. The first-order chi connectivity index (χ1) is 9.23. The van der Waals surface area contributed by atoms with E-state index in [2.05, 4.69) is 17.4 Å². The largest absolute Gasteiger partial charge is 0.364 e. The molecule has 0 unspecified atom stereocenters. The van der Waals surface area contributed by atoms with Crippen LogP contribution in [-0.2, 0) is 15.1 Å². The van der Waals surface area contributed by atoms with Crippen LogP contribution in [0.1, 0.15) is 31.2 Å². The first-order valence-corrected chi connectivity index (χ1v) is 6.96. The van der Waals surface area contributed by atoms with Gasteiger partial charge in [-0.3, -0.25) is 4.79 Å². The van der Waals surface area contributed by atoms with Crippen LogP contribution in [0.25, 0.3) is 0 Å². The van der Waals surface area contributed by atoms with E-state index in [0.717, 1.165) is 25.7 Å². The summed E-state index contributed by atoms with van der Waals surface area (Å²) in [7, 11) is 0. The molecule has 0 radical (unpaired) electrons. The lowest BCUT2D eigenvalue weighted by atomic mass is 10.0. The summed E-state index contributed by atoms with van der Waals surface area (Å²) in [5.74, 6) is 0.0114. The van der Waals surface area contributed by atoms with Crippen LogP contribution >= 0.6 is 12.4 Å². The molecule has 5 heteroatoms. The van der Waals surface area contributed by atoms with Crippen molar-refractivity contribution < 1.29 is 9.53 Å². The lowest BCUT2D eigenvalue weighted by Gasteiger charge is -2.20. The number of carbonyl (C=O) groups is 1. The van der Waals surface area contributed by atoms with Gasteiger partial charge in [-0.1, -0.05) is 30.3 Å². The predicted octanol–water partition coefficient (Wildman–Crippen LogP) is 1.72. The lowest BCUT2D eigenvalue weighted by Crippen LogP contribution is -2.41. The van der Waals surface area contributed by atoms with Gasteiger partial charge in [0.05, 0.1) is 11.6 Å². The Labute approximate surface area is 125 Å². The maximum Gasteiger partial charge on any atom is 0.249 e. The normalized spacial score (nSPS) is 26.6. The third-order valence-electron chi connectivity index (χ3n) is 4.10. The smallest absolute Gasteiger partial charge is 0.249 e. The van der Waals surface area contributed by atoms with Crippen molar-refractivity contribution in [3.05, 3.63) is 35.9 Å². The quantitative estimate of drug-likeness (QED) is 0.889. The minimum absolute atomic E-state index is 0. The highest BCUT2D eigenvalue weighted by Crippen LogP contribution is 2.45. The number of halogens is 1. The van der Waals surface area contributed by atoms with E-state index in [1.54, 1.807) is 0 Å². The minimum atomic E-state index is -0.324. The number of hydrogen-bond donors (Lipinski definition) is 2. The third-order valence-corrected chi connectivity index (χ3v) is 4.10. The Balaban J connectivity index is 0.00000147. The highest BCUT2D eigenvalue weighted by molar-refractivity contribution is 5.85. The van der Waals surface area contributed by atoms with Crippen molar-refractivity contribution in [3.8, 4) is 0 Å². The van der Waals surface area contributed by atoms with Crippen LogP contribution in [0.4, 0.5) is 0 Å². The second-order valence-electron chi connectivity index (χ2n) is 5.50. The van der Waals surface area contributed by atoms with E-state index in [0.29, 0.717) is 6.54 Å². The summed E-state index contributed by atoms with van der Waals surface area (Å²) >= 11 is 0. The number of nitrogens with one attached hydrogen (secondary N) is 1. The molecule has 0 aromatic heterocycles. The highest BCUT2D eigenvalue weighted by atomic mass is 35.5. The molecule has 20 heavy (non-hydrogen) atoms. The van der Waals surface area contributed by atoms with E-state index in [1.165, 1.54) is 5.56 Å². The van der Waals surface area contributed by atoms with Crippen molar-refractivity contribution in [2.45, 2.75) is 43.4 Å². The van der Waals surface area contributed by atoms with E-state index in [9.17, 15) is 4.79 Å². The highest BCUT2D eigenvalue weighted by Gasteiger charge is 2.47. The molecule has 1 aromatic rings. The number of nitrogens with two attached hydrogens (primary N) is 1. The average Bonchev–Trinajstić information content (AvgIpc) is 3.06. The van der Waals surface area contributed by atoms with Crippen LogP contribution < -0.4 is 11.1 Å². The van der Waals surface area contributed by atoms with Gasteiger partial charge in [-0.2, -0.15) is 0 Å². The molecule has 0 bridgehead atoms. The van der Waals surface area contributed by atoms with Crippen LogP contribution in [0.15, 0.2) is 30.3 Å². The summed E-state index contributed by atoms with van der Waals surface area (Å²) in [6, 6.07) is 10.2. The summed E-state index contributed by atoms with van der Waals surface area (Å²) in [6.45, 7) is 0.494. The number of benzene rings is 1.